The lowest BCUT2D eigenvalue weighted by atomic mass is 9.94. The van der Waals surface area contributed by atoms with Gasteiger partial charge in [0.2, 0.25) is 24.5 Å². The molecule has 0 unspecified atom stereocenters. The van der Waals surface area contributed by atoms with E-state index >= 15 is 0 Å². The number of hydrogen-bond acceptors (Lipinski definition) is 20. The molecular weight excluding hydrogens is 720 g/mol. The number of phenols is 3. The van der Waals surface area contributed by atoms with Gasteiger partial charge in [0.1, 0.15) is 58.7 Å². The van der Waals surface area contributed by atoms with Crippen LogP contribution < -0.4 is 10.2 Å². The molecule has 290 valence electrons. The van der Waals surface area contributed by atoms with E-state index in [1.807, 2.05) is 0 Å². The average molecular weight is 757 g/mol. The zero-order chi connectivity index (χ0) is 38.9. The van der Waals surface area contributed by atoms with Crippen molar-refractivity contribution >= 4 is 22.9 Å². The third-order valence-electron chi connectivity index (χ3n) is 8.41. The Morgan fingerprint density at radius 3 is 2.23 bits per heavy atom. The number of aliphatic carboxylic acids is 1. The summed E-state index contributed by atoms with van der Waals surface area (Å²) in [5.74, 6) is -9.47. The second kappa shape index (κ2) is 15.8. The largest absolute Gasteiger partial charge is 0.507 e. The first-order valence-electron chi connectivity index (χ1n) is 15.8. The van der Waals surface area contributed by atoms with E-state index in [1.54, 1.807) is 0 Å². The molecule has 0 saturated carbocycles. The molecule has 3 heterocycles. The van der Waals surface area contributed by atoms with Crippen molar-refractivity contribution in [2.45, 2.75) is 73.9 Å². The van der Waals surface area contributed by atoms with Crippen molar-refractivity contribution in [3.8, 4) is 34.3 Å². The topological polar surface area (TPSA) is 353 Å². The zero-order valence-electron chi connectivity index (χ0n) is 27.2. The summed E-state index contributed by atoms with van der Waals surface area (Å²) in [6.45, 7) is -0.991. The second-order valence-electron chi connectivity index (χ2n) is 12.1. The molecule has 21 heteroatoms. The number of rotatable bonds is 12. The Balaban J connectivity index is 1.46. The Kier molecular flexibility index (Phi) is 11.8. The number of phenolic OH excluding ortho intramolecular Hbond substituents is 3. The maximum Gasteiger partial charge on any atom is 0.340 e. The summed E-state index contributed by atoms with van der Waals surface area (Å²) in [7, 11) is 0. The standard InChI is InChI=1S/C32H36O21/c33-3-1-5-48-25-22(40)21(39)24(29(45)53-30-23(41)26(42)32(46,47)27(52-30)28(43)44)51-31(25)49-13-8-14(35)19-15(36)10-17(50-18(19)9-13)12-6-11(2-4-34)20(38)16(37)7-12/h6-10,21-27,30-31,33-35,37-42,46-47H,1-5H2,(H,43,44)/t21-,22-,23+,24-,25+,26+,27+,30-,31+/m0/s1. The number of hydrogen-bond donors (Lipinski definition) is 12. The number of carbonyl (C=O) groups excluding carboxylic acids is 1. The Morgan fingerprint density at radius 1 is 0.849 bits per heavy atom. The quantitative estimate of drug-likeness (QED) is 0.0368. The summed E-state index contributed by atoms with van der Waals surface area (Å²) < 4.78 is 32.4. The monoisotopic (exact) mass is 756 g/mol. The first-order chi connectivity index (χ1) is 25.0. The number of ether oxygens (including phenoxy) is 5. The van der Waals surface area contributed by atoms with Crippen molar-refractivity contribution in [3.05, 3.63) is 46.1 Å². The summed E-state index contributed by atoms with van der Waals surface area (Å²) in [6.07, 6.45) is -20.1. The molecular formula is C32H36O21. The first-order valence-corrected chi connectivity index (χ1v) is 15.8. The number of fused-ring (bicyclic) bond motifs is 1. The van der Waals surface area contributed by atoms with Crippen LogP contribution in [0.5, 0.6) is 23.0 Å². The highest BCUT2D eigenvalue weighted by molar-refractivity contribution is 5.86. The maximum atomic E-state index is 13.2. The van der Waals surface area contributed by atoms with Crippen LogP contribution in [0, 0.1) is 0 Å². The van der Waals surface area contributed by atoms with Crippen LogP contribution in [-0.2, 0) is 35.0 Å². The molecule has 2 aliphatic rings. The van der Waals surface area contributed by atoms with Crippen molar-refractivity contribution in [1.29, 1.82) is 0 Å². The molecule has 9 atom stereocenters. The third kappa shape index (κ3) is 7.85. The molecule has 3 aromatic rings. The Bertz CT molecular complexity index is 1870. The van der Waals surface area contributed by atoms with Crippen molar-refractivity contribution in [3.63, 3.8) is 0 Å². The molecule has 0 bridgehead atoms. The SMILES string of the molecule is O=C(O[C@@H]1O[C@H](C(=O)O)C(O)(O)[C@H](O)[C@H]1O)[C@H]1O[C@@H](Oc2cc(O)c3c(=O)cc(-c4cc(O)c(O)c(CCO)c4)oc3c2)[C@H](OCCCO)[C@@H](O)[C@@H]1O. The van der Waals surface area contributed by atoms with Crippen LogP contribution in [0.2, 0.25) is 0 Å². The molecule has 2 fully saturated rings. The van der Waals surface area contributed by atoms with Gasteiger partial charge in [-0.25, -0.2) is 9.59 Å². The van der Waals surface area contributed by atoms with Crippen LogP contribution in [0.4, 0.5) is 0 Å². The van der Waals surface area contributed by atoms with Crippen LogP contribution >= 0.6 is 0 Å². The minimum absolute atomic E-state index is 0.0240. The van der Waals surface area contributed by atoms with Crippen molar-refractivity contribution in [2.24, 2.45) is 0 Å². The average Bonchev–Trinajstić information content (AvgIpc) is 3.09. The number of aliphatic hydroxyl groups is 8. The van der Waals surface area contributed by atoms with Crippen LogP contribution in [0.3, 0.4) is 0 Å². The smallest absolute Gasteiger partial charge is 0.340 e. The maximum absolute atomic E-state index is 13.2. The van der Waals surface area contributed by atoms with Gasteiger partial charge in [0, 0.05) is 49.1 Å². The Morgan fingerprint density at radius 2 is 1.57 bits per heavy atom. The lowest BCUT2D eigenvalue weighted by Gasteiger charge is -2.44. The molecule has 53 heavy (non-hydrogen) atoms. The highest BCUT2D eigenvalue weighted by atomic mass is 16.8. The molecule has 2 aliphatic heterocycles. The van der Waals surface area contributed by atoms with E-state index in [2.05, 4.69) is 0 Å². The summed E-state index contributed by atoms with van der Waals surface area (Å²) in [4.78, 5) is 37.8. The Hall–Kier alpha value is -4.65. The summed E-state index contributed by atoms with van der Waals surface area (Å²) in [5, 5.41) is 121. The fourth-order valence-electron chi connectivity index (χ4n) is 5.70. The molecule has 1 aromatic heterocycles. The summed E-state index contributed by atoms with van der Waals surface area (Å²) in [6, 6.07) is 5.44. The highest BCUT2D eigenvalue weighted by Gasteiger charge is 2.59. The van der Waals surface area contributed by atoms with Crippen molar-refractivity contribution in [1.82, 2.24) is 0 Å². The summed E-state index contributed by atoms with van der Waals surface area (Å²) in [5.41, 5.74) is -0.845. The van der Waals surface area contributed by atoms with Crippen molar-refractivity contribution in [2.75, 3.05) is 19.8 Å². The number of carboxylic acid groups (broad SMARTS) is 1. The predicted molar refractivity (Wildman–Crippen MR) is 168 cm³/mol. The molecule has 21 nitrogen and oxygen atoms in total. The van der Waals surface area contributed by atoms with Crippen LogP contribution in [-0.4, -0.2) is 154 Å². The lowest BCUT2D eigenvalue weighted by Crippen LogP contribution is -2.69. The van der Waals surface area contributed by atoms with Gasteiger partial charge >= 0.3 is 11.9 Å². The van der Waals surface area contributed by atoms with Gasteiger partial charge in [0.05, 0.1) is 0 Å². The number of aliphatic hydroxyl groups excluding tert-OH is 6. The molecule has 0 radical (unpaired) electrons. The number of carbonyl (C=O) groups is 2. The molecule has 2 saturated heterocycles. The normalized spacial score (nSPS) is 28.4. The number of carboxylic acids is 1. The van der Waals surface area contributed by atoms with Gasteiger partial charge in [-0.3, -0.25) is 4.79 Å². The molecule has 5 rings (SSSR count). The van der Waals surface area contributed by atoms with E-state index in [-0.39, 0.29) is 66.3 Å². The van der Waals surface area contributed by atoms with Gasteiger partial charge in [-0.15, -0.1) is 0 Å². The predicted octanol–water partition coefficient (Wildman–Crippen LogP) is -3.54. The number of esters is 1. The van der Waals surface area contributed by atoms with E-state index < -0.39 is 95.7 Å². The van der Waals surface area contributed by atoms with Crippen LogP contribution in [0.15, 0.2) is 39.5 Å². The molecule has 2 aromatic carbocycles. The fourth-order valence-corrected chi connectivity index (χ4v) is 5.70. The fraction of sp³-hybridized carbons (Fsp3) is 0.469. The van der Waals surface area contributed by atoms with E-state index in [0.29, 0.717) is 0 Å². The van der Waals surface area contributed by atoms with Crippen LogP contribution in [0.25, 0.3) is 22.3 Å². The minimum Gasteiger partial charge on any atom is -0.507 e. The van der Waals surface area contributed by atoms with E-state index in [0.717, 1.165) is 24.3 Å². The first kappa shape index (κ1) is 39.6. The molecule has 0 amide bonds. The Labute approximate surface area is 296 Å². The lowest BCUT2D eigenvalue weighted by molar-refractivity contribution is -0.372. The van der Waals surface area contributed by atoms with Gasteiger partial charge in [-0.05, 0) is 25.0 Å². The van der Waals surface area contributed by atoms with Gasteiger partial charge in [-0.1, -0.05) is 0 Å². The third-order valence-corrected chi connectivity index (χ3v) is 8.41. The van der Waals surface area contributed by atoms with E-state index in [9.17, 15) is 75.7 Å². The zero-order valence-corrected chi connectivity index (χ0v) is 27.2. The van der Waals surface area contributed by atoms with Gasteiger partial charge in [-0.2, -0.15) is 0 Å². The van der Waals surface area contributed by atoms with Gasteiger partial charge in [0.15, 0.2) is 23.0 Å². The number of aromatic hydroxyl groups is 3. The molecule has 12 N–H and O–H groups in total. The van der Waals surface area contributed by atoms with Crippen LogP contribution in [0.1, 0.15) is 12.0 Å². The summed E-state index contributed by atoms with van der Waals surface area (Å²) >= 11 is 0. The van der Waals surface area contributed by atoms with Gasteiger partial charge in [0.25, 0.3) is 0 Å². The molecule has 0 spiro atoms. The minimum atomic E-state index is -3.52. The van der Waals surface area contributed by atoms with E-state index in [1.165, 1.54) is 6.07 Å². The van der Waals surface area contributed by atoms with Crippen molar-refractivity contribution < 1.29 is 99.0 Å². The van der Waals surface area contributed by atoms with E-state index in [4.69, 9.17) is 28.1 Å². The highest BCUT2D eigenvalue weighted by Crippen LogP contribution is 2.38. The van der Waals surface area contributed by atoms with Gasteiger partial charge < -0.3 is 89.4 Å². The number of benzene rings is 2. The second-order valence-corrected chi connectivity index (χ2v) is 12.1. The molecule has 0 aliphatic carbocycles.